The normalized spacial score (nSPS) is 19.2. The Kier molecular flexibility index (Phi) is 5.24. The maximum Gasteiger partial charge on any atom is 0.233 e. The van der Waals surface area contributed by atoms with E-state index in [-0.39, 0.29) is 29.2 Å². The molecule has 9 heteroatoms. The summed E-state index contributed by atoms with van der Waals surface area (Å²) in [5.74, 6) is 1.14. The van der Waals surface area contributed by atoms with Crippen LogP contribution in [-0.2, 0) is 14.6 Å². The highest BCUT2D eigenvalue weighted by molar-refractivity contribution is 7.99. The summed E-state index contributed by atoms with van der Waals surface area (Å²) in [5, 5.41) is 0.659. The third-order valence-electron chi connectivity index (χ3n) is 4.31. The molecular weight excluding hydrogens is 362 g/mol. The lowest BCUT2D eigenvalue weighted by Gasteiger charge is -2.26. The number of sulfone groups is 1. The van der Waals surface area contributed by atoms with Gasteiger partial charge in [-0.25, -0.2) is 13.4 Å². The average molecular weight is 383 g/mol. The highest BCUT2D eigenvalue weighted by Gasteiger charge is 2.33. The predicted molar refractivity (Wildman–Crippen MR) is 97.8 cm³/mol. The molecule has 1 fully saturated rings. The number of benzene rings is 1. The molecule has 0 saturated carbocycles. The number of nitrogens with one attached hydrogen (secondary N) is 1. The largest absolute Gasteiger partial charge is 0.497 e. The van der Waals surface area contributed by atoms with Crippen LogP contribution in [0.4, 0.5) is 0 Å². The summed E-state index contributed by atoms with van der Waals surface area (Å²) in [5.41, 5.74) is 1.66. The second-order valence-electron chi connectivity index (χ2n) is 5.95. The summed E-state index contributed by atoms with van der Waals surface area (Å²) in [6, 6.07) is 5.35. The number of hydrogen-bond donors (Lipinski definition) is 1. The molecule has 1 aromatic carbocycles. The van der Waals surface area contributed by atoms with Crippen molar-refractivity contribution in [1.82, 2.24) is 14.9 Å². The Morgan fingerprint density at radius 2 is 2.28 bits per heavy atom. The zero-order valence-corrected chi connectivity index (χ0v) is 15.8. The van der Waals surface area contributed by atoms with Crippen LogP contribution < -0.4 is 4.74 Å². The molecule has 0 unspecified atom stereocenters. The first-order chi connectivity index (χ1) is 11.9. The molecule has 1 N–H and O–H groups in total. The quantitative estimate of drug-likeness (QED) is 0.764. The van der Waals surface area contributed by atoms with E-state index >= 15 is 0 Å². The summed E-state index contributed by atoms with van der Waals surface area (Å²) in [6.07, 6.45) is 0.525. The van der Waals surface area contributed by atoms with Crippen LogP contribution >= 0.6 is 11.8 Å². The van der Waals surface area contributed by atoms with Gasteiger partial charge in [-0.2, -0.15) is 0 Å². The number of H-pyrrole nitrogens is 1. The van der Waals surface area contributed by atoms with Gasteiger partial charge in [0.05, 0.1) is 35.4 Å². The molecule has 136 valence electrons. The standard InChI is InChI=1S/C16H21N3O4S2/c1-3-19(11-6-7-25(21,22)10-11)15(20)9-24-16-17-13-5-4-12(23-2)8-14(13)18-16/h4-5,8,11H,3,6-7,9-10H2,1-2H3,(H,17,18)/t11-/m0/s1. The molecule has 1 aliphatic rings. The number of thioether (sulfide) groups is 1. The summed E-state index contributed by atoms with van der Waals surface area (Å²) in [6.45, 7) is 2.39. The van der Waals surface area contributed by atoms with Crippen molar-refractivity contribution in [2.24, 2.45) is 0 Å². The number of ether oxygens (including phenoxy) is 1. The van der Waals surface area contributed by atoms with E-state index in [4.69, 9.17) is 4.74 Å². The van der Waals surface area contributed by atoms with Gasteiger partial charge in [-0.3, -0.25) is 4.79 Å². The molecule has 1 aliphatic heterocycles. The maximum absolute atomic E-state index is 12.5. The number of hydrogen-bond acceptors (Lipinski definition) is 6. The third kappa shape index (κ3) is 4.09. The van der Waals surface area contributed by atoms with Gasteiger partial charge < -0.3 is 14.6 Å². The Morgan fingerprint density at radius 1 is 1.48 bits per heavy atom. The van der Waals surface area contributed by atoms with Gasteiger partial charge in [0.25, 0.3) is 0 Å². The summed E-state index contributed by atoms with van der Waals surface area (Å²) >= 11 is 1.32. The molecule has 0 spiro atoms. The predicted octanol–water partition coefficient (Wildman–Crippen LogP) is 1.70. The zero-order chi connectivity index (χ0) is 18.0. The number of amides is 1. The first-order valence-electron chi connectivity index (χ1n) is 8.08. The van der Waals surface area contributed by atoms with Gasteiger partial charge in [0.2, 0.25) is 5.91 Å². The smallest absolute Gasteiger partial charge is 0.233 e. The lowest BCUT2D eigenvalue weighted by atomic mass is 10.2. The minimum absolute atomic E-state index is 0.0624. The van der Waals surface area contributed by atoms with Crippen LogP contribution in [-0.4, -0.2) is 66.1 Å². The van der Waals surface area contributed by atoms with Gasteiger partial charge >= 0.3 is 0 Å². The highest BCUT2D eigenvalue weighted by atomic mass is 32.2. The first kappa shape index (κ1) is 18.1. The van der Waals surface area contributed by atoms with Crippen LogP contribution in [0.1, 0.15) is 13.3 Å². The molecule has 0 radical (unpaired) electrons. The van der Waals surface area contributed by atoms with Gasteiger partial charge in [-0.05, 0) is 25.5 Å². The van der Waals surface area contributed by atoms with E-state index < -0.39 is 9.84 Å². The van der Waals surface area contributed by atoms with Crippen LogP contribution in [0.5, 0.6) is 5.75 Å². The van der Waals surface area contributed by atoms with Crippen molar-refractivity contribution in [3.8, 4) is 5.75 Å². The first-order valence-corrected chi connectivity index (χ1v) is 10.9. The Bertz CT molecular complexity index is 879. The third-order valence-corrected chi connectivity index (χ3v) is 6.92. The second-order valence-corrected chi connectivity index (χ2v) is 9.14. The lowest BCUT2D eigenvalue weighted by Crippen LogP contribution is -2.41. The van der Waals surface area contributed by atoms with Gasteiger partial charge in [0, 0.05) is 18.7 Å². The van der Waals surface area contributed by atoms with Crippen molar-refractivity contribution < 1.29 is 17.9 Å². The molecule has 1 amide bonds. The number of aromatic nitrogens is 2. The molecule has 25 heavy (non-hydrogen) atoms. The monoisotopic (exact) mass is 383 g/mol. The Balaban J connectivity index is 1.65. The van der Waals surface area contributed by atoms with E-state index in [0.717, 1.165) is 16.8 Å². The fourth-order valence-corrected chi connectivity index (χ4v) is 5.53. The molecule has 7 nitrogen and oxygen atoms in total. The van der Waals surface area contributed by atoms with Crippen LogP contribution in [0, 0.1) is 0 Å². The van der Waals surface area contributed by atoms with Gasteiger partial charge in [-0.1, -0.05) is 11.8 Å². The fraction of sp³-hybridized carbons (Fsp3) is 0.500. The number of methoxy groups -OCH3 is 1. The van der Waals surface area contributed by atoms with E-state index in [0.29, 0.717) is 18.1 Å². The van der Waals surface area contributed by atoms with Crippen LogP contribution in [0.25, 0.3) is 11.0 Å². The number of carbonyl (C=O) groups is 1. The minimum Gasteiger partial charge on any atom is -0.497 e. The van der Waals surface area contributed by atoms with Crippen molar-refractivity contribution in [2.45, 2.75) is 24.5 Å². The lowest BCUT2D eigenvalue weighted by molar-refractivity contribution is -0.129. The SMILES string of the molecule is CCN(C(=O)CSc1nc2ccc(OC)cc2[nH]1)[C@H]1CCS(=O)(=O)C1. The van der Waals surface area contributed by atoms with Crippen molar-refractivity contribution in [3.05, 3.63) is 18.2 Å². The topological polar surface area (TPSA) is 92.4 Å². The number of carbonyl (C=O) groups excluding carboxylic acids is 1. The molecule has 2 aromatic rings. The zero-order valence-electron chi connectivity index (χ0n) is 14.2. The highest BCUT2D eigenvalue weighted by Crippen LogP contribution is 2.24. The number of rotatable bonds is 6. The number of aromatic amines is 1. The fourth-order valence-electron chi connectivity index (χ4n) is 3.03. The van der Waals surface area contributed by atoms with Gasteiger partial charge in [0.1, 0.15) is 5.75 Å². The van der Waals surface area contributed by atoms with Crippen LogP contribution in [0.2, 0.25) is 0 Å². The van der Waals surface area contributed by atoms with Crippen LogP contribution in [0.15, 0.2) is 23.4 Å². The number of imidazole rings is 1. The summed E-state index contributed by atoms with van der Waals surface area (Å²) in [7, 11) is -1.40. The molecule has 1 atom stereocenters. The van der Waals surface area contributed by atoms with E-state index in [1.807, 2.05) is 25.1 Å². The van der Waals surface area contributed by atoms with Gasteiger partial charge in [0.15, 0.2) is 15.0 Å². The molecular formula is C16H21N3O4S2. The van der Waals surface area contributed by atoms with Crippen molar-refractivity contribution >= 4 is 38.5 Å². The number of nitrogens with zero attached hydrogens (tertiary/aromatic N) is 2. The molecule has 1 aromatic heterocycles. The van der Waals surface area contributed by atoms with E-state index in [1.54, 1.807) is 12.0 Å². The van der Waals surface area contributed by atoms with E-state index in [2.05, 4.69) is 9.97 Å². The van der Waals surface area contributed by atoms with E-state index in [1.165, 1.54) is 11.8 Å². The Hall–Kier alpha value is -1.74. The average Bonchev–Trinajstić information content (AvgIpc) is 3.15. The maximum atomic E-state index is 12.5. The van der Waals surface area contributed by atoms with E-state index in [9.17, 15) is 13.2 Å². The molecule has 0 aliphatic carbocycles. The Morgan fingerprint density at radius 3 is 2.92 bits per heavy atom. The minimum atomic E-state index is -3.01. The summed E-state index contributed by atoms with van der Waals surface area (Å²) < 4.78 is 28.5. The van der Waals surface area contributed by atoms with Crippen molar-refractivity contribution in [1.29, 1.82) is 0 Å². The molecule has 2 heterocycles. The Labute approximate surface area is 151 Å². The molecule has 0 bridgehead atoms. The summed E-state index contributed by atoms with van der Waals surface area (Å²) in [4.78, 5) is 21.8. The number of fused-ring (bicyclic) bond motifs is 1. The van der Waals surface area contributed by atoms with Gasteiger partial charge in [-0.15, -0.1) is 0 Å². The van der Waals surface area contributed by atoms with Crippen molar-refractivity contribution in [3.63, 3.8) is 0 Å². The van der Waals surface area contributed by atoms with Crippen LogP contribution in [0.3, 0.4) is 0 Å². The van der Waals surface area contributed by atoms with Crippen molar-refractivity contribution in [2.75, 3.05) is 30.9 Å². The molecule has 3 rings (SSSR count). The second kappa shape index (κ2) is 7.25. The molecule has 1 saturated heterocycles.